The van der Waals surface area contributed by atoms with Crippen molar-refractivity contribution in [3.05, 3.63) is 35.9 Å². The van der Waals surface area contributed by atoms with Gasteiger partial charge < -0.3 is 10.5 Å². The summed E-state index contributed by atoms with van der Waals surface area (Å²) in [6, 6.07) is 7.66. The Kier molecular flexibility index (Phi) is 4.46. The van der Waals surface area contributed by atoms with Gasteiger partial charge in [-0.05, 0) is 50.5 Å². The highest BCUT2D eigenvalue weighted by atomic mass is 16.6. The average Bonchev–Trinajstić information content (AvgIpc) is 2.38. The molecule has 2 N–H and O–H groups in total. The second-order valence-electron chi connectivity index (χ2n) is 6.24. The number of rotatable bonds is 3. The van der Waals surface area contributed by atoms with Gasteiger partial charge in [-0.15, -0.1) is 0 Å². The van der Waals surface area contributed by atoms with Crippen LogP contribution in [0.4, 0.5) is 5.69 Å². The maximum absolute atomic E-state index is 11.8. The minimum Gasteiger partial charge on any atom is -0.460 e. The zero-order chi connectivity index (χ0) is 15.5. The minimum atomic E-state index is -0.444. The standard InChI is InChI=1S/C17H22N2O2/c1-17(2,3)21-16(20)10-15-9-6-13(11-19-15)12-4-7-14(18)8-5-12/h4-8,11,15H,9-10,18H2,1-3H3. The van der Waals surface area contributed by atoms with Crippen molar-refractivity contribution in [3.63, 3.8) is 0 Å². The van der Waals surface area contributed by atoms with E-state index in [0.29, 0.717) is 6.42 Å². The van der Waals surface area contributed by atoms with Crippen LogP contribution in [-0.2, 0) is 9.53 Å². The molecule has 4 heteroatoms. The fraction of sp³-hybridized carbons (Fsp3) is 0.412. The summed E-state index contributed by atoms with van der Waals surface area (Å²) in [6.45, 7) is 5.61. The van der Waals surface area contributed by atoms with Gasteiger partial charge in [-0.25, -0.2) is 0 Å². The monoisotopic (exact) mass is 286 g/mol. The van der Waals surface area contributed by atoms with Crippen LogP contribution in [0.25, 0.3) is 5.57 Å². The molecule has 0 amide bonds. The van der Waals surface area contributed by atoms with Crippen LogP contribution < -0.4 is 5.73 Å². The molecular formula is C17H22N2O2. The van der Waals surface area contributed by atoms with Crippen molar-refractivity contribution in [2.24, 2.45) is 4.99 Å². The highest BCUT2D eigenvalue weighted by Crippen LogP contribution is 2.21. The van der Waals surface area contributed by atoms with Crippen molar-refractivity contribution >= 4 is 23.4 Å². The molecule has 0 fully saturated rings. The van der Waals surface area contributed by atoms with Crippen LogP contribution in [-0.4, -0.2) is 23.8 Å². The van der Waals surface area contributed by atoms with E-state index in [-0.39, 0.29) is 12.0 Å². The fourth-order valence-corrected chi connectivity index (χ4v) is 2.14. The number of hydrogen-bond donors (Lipinski definition) is 1. The van der Waals surface area contributed by atoms with E-state index < -0.39 is 5.60 Å². The summed E-state index contributed by atoms with van der Waals surface area (Å²) < 4.78 is 5.32. The van der Waals surface area contributed by atoms with Crippen LogP contribution in [0.5, 0.6) is 0 Å². The number of carbonyl (C=O) groups excluding carboxylic acids is 1. The lowest BCUT2D eigenvalue weighted by Gasteiger charge is -2.21. The van der Waals surface area contributed by atoms with Gasteiger partial charge in [0.1, 0.15) is 5.60 Å². The Morgan fingerprint density at radius 2 is 2.00 bits per heavy atom. The third kappa shape index (κ3) is 4.74. The van der Waals surface area contributed by atoms with Gasteiger partial charge >= 0.3 is 5.97 Å². The second kappa shape index (κ2) is 6.12. The Hall–Kier alpha value is -2.10. The Bertz CT molecular complexity index is 565. The van der Waals surface area contributed by atoms with E-state index in [1.54, 1.807) is 0 Å². The predicted octanol–water partition coefficient (Wildman–Crippen LogP) is 3.23. The zero-order valence-corrected chi connectivity index (χ0v) is 12.8. The largest absolute Gasteiger partial charge is 0.460 e. The van der Waals surface area contributed by atoms with Crippen LogP contribution in [0.3, 0.4) is 0 Å². The topological polar surface area (TPSA) is 64.7 Å². The molecule has 1 aliphatic rings. The number of benzene rings is 1. The van der Waals surface area contributed by atoms with Gasteiger partial charge in [-0.2, -0.15) is 0 Å². The molecule has 0 aliphatic carbocycles. The van der Waals surface area contributed by atoms with Gasteiger partial charge in [0.25, 0.3) is 0 Å². The van der Waals surface area contributed by atoms with Gasteiger partial charge in [0.2, 0.25) is 0 Å². The number of esters is 1. The number of aliphatic imine (C=N–C) groups is 1. The second-order valence-corrected chi connectivity index (χ2v) is 6.24. The third-order valence-electron chi connectivity index (χ3n) is 3.10. The first kappa shape index (κ1) is 15.3. The molecule has 1 aromatic rings. The summed E-state index contributed by atoms with van der Waals surface area (Å²) in [4.78, 5) is 16.2. The van der Waals surface area contributed by atoms with Crippen LogP contribution in [0.1, 0.15) is 39.2 Å². The van der Waals surface area contributed by atoms with E-state index in [1.165, 1.54) is 0 Å². The van der Waals surface area contributed by atoms with E-state index in [4.69, 9.17) is 10.5 Å². The first-order chi connectivity index (χ1) is 9.83. The molecule has 0 radical (unpaired) electrons. The minimum absolute atomic E-state index is 0.0302. The van der Waals surface area contributed by atoms with E-state index in [0.717, 1.165) is 23.2 Å². The SMILES string of the molecule is CC(C)(C)OC(=O)CC1CC=C(c2ccc(N)cc2)C=N1. The third-order valence-corrected chi connectivity index (χ3v) is 3.10. The fourth-order valence-electron chi connectivity index (χ4n) is 2.14. The summed E-state index contributed by atoms with van der Waals surface area (Å²) in [5, 5.41) is 0. The number of dihydropyridines is 1. The quantitative estimate of drug-likeness (QED) is 0.685. The first-order valence-corrected chi connectivity index (χ1v) is 7.14. The molecule has 0 spiro atoms. The summed E-state index contributed by atoms with van der Waals surface area (Å²) >= 11 is 0. The Labute approximate surface area is 125 Å². The molecule has 1 unspecified atom stereocenters. The lowest BCUT2D eigenvalue weighted by atomic mass is 10.00. The van der Waals surface area contributed by atoms with E-state index in [2.05, 4.69) is 11.1 Å². The van der Waals surface area contributed by atoms with Crippen molar-refractivity contribution < 1.29 is 9.53 Å². The smallest absolute Gasteiger partial charge is 0.308 e. The summed E-state index contributed by atoms with van der Waals surface area (Å²) in [5.41, 5.74) is 8.13. The van der Waals surface area contributed by atoms with Crippen LogP contribution in [0.2, 0.25) is 0 Å². The molecule has 4 nitrogen and oxygen atoms in total. The molecular weight excluding hydrogens is 264 g/mol. The number of nitrogens with two attached hydrogens (primary N) is 1. The molecule has 2 rings (SSSR count). The van der Waals surface area contributed by atoms with Crippen molar-refractivity contribution in [1.29, 1.82) is 0 Å². The van der Waals surface area contributed by atoms with E-state index in [1.807, 2.05) is 51.3 Å². The summed E-state index contributed by atoms with van der Waals surface area (Å²) in [6.07, 6.45) is 4.99. The molecule has 1 aliphatic heterocycles. The maximum atomic E-state index is 11.8. The van der Waals surface area contributed by atoms with Gasteiger partial charge in [0.05, 0.1) is 12.5 Å². The number of nitrogen functional groups attached to an aromatic ring is 1. The molecule has 0 saturated heterocycles. The number of ether oxygens (including phenoxy) is 1. The molecule has 1 heterocycles. The van der Waals surface area contributed by atoms with Crippen LogP contribution in [0.15, 0.2) is 35.3 Å². The van der Waals surface area contributed by atoms with Crippen LogP contribution >= 0.6 is 0 Å². The van der Waals surface area contributed by atoms with Crippen molar-refractivity contribution in [2.75, 3.05) is 5.73 Å². The Balaban J connectivity index is 1.92. The average molecular weight is 286 g/mol. The highest BCUT2D eigenvalue weighted by Gasteiger charge is 2.20. The number of carbonyl (C=O) groups is 1. The predicted molar refractivity (Wildman–Crippen MR) is 86.2 cm³/mol. The number of allylic oxidation sites excluding steroid dienone is 1. The number of anilines is 1. The molecule has 112 valence electrons. The summed E-state index contributed by atoms with van der Waals surface area (Å²) in [7, 11) is 0. The molecule has 21 heavy (non-hydrogen) atoms. The zero-order valence-electron chi connectivity index (χ0n) is 12.8. The lowest BCUT2D eigenvalue weighted by Crippen LogP contribution is -2.26. The van der Waals surface area contributed by atoms with Crippen LogP contribution in [0, 0.1) is 0 Å². The van der Waals surface area contributed by atoms with Gasteiger partial charge in [0.15, 0.2) is 0 Å². The number of hydrogen-bond acceptors (Lipinski definition) is 4. The Morgan fingerprint density at radius 3 is 2.52 bits per heavy atom. The van der Waals surface area contributed by atoms with Gasteiger partial charge in [-0.1, -0.05) is 18.2 Å². The van der Waals surface area contributed by atoms with Crippen molar-refractivity contribution in [1.82, 2.24) is 0 Å². The highest BCUT2D eigenvalue weighted by molar-refractivity contribution is 6.10. The molecule has 1 aromatic carbocycles. The Morgan fingerprint density at radius 1 is 1.33 bits per heavy atom. The summed E-state index contributed by atoms with van der Waals surface area (Å²) in [5.74, 6) is -0.200. The van der Waals surface area contributed by atoms with E-state index >= 15 is 0 Å². The molecule has 0 saturated carbocycles. The van der Waals surface area contributed by atoms with E-state index in [9.17, 15) is 4.79 Å². The van der Waals surface area contributed by atoms with Gasteiger partial charge in [-0.3, -0.25) is 9.79 Å². The normalized spacial score (nSPS) is 18.2. The maximum Gasteiger partial charge on any atom is 0.308 e. The van der Waals surface area contributed by atoms with Gasteiger partial charge in [0, 0.05) is 11.9 Å². The van der Waals surface area contributed by atoms with Crippen molar-refractivity contribution in [3.8, 4) is 0 Å². The molecule has 1 atom stereocenters. The molecule has 0 aromatic heterocycles. The van der Waals surface area contributed by atoms with Crippen molar-refractivity contribution in [2.45, 2.75) is 45.3 Å². The molecule has 0 bridgehead atoms. The lowest BCUT2D eigenvalue weighted by molar-refractivity contribution is -0.155. The first-order valence-electron chi connectivity index (χ1n) is 7.14. The number of nitrogens with zero attached hydrogens (tertiary/aromatic N) is 1.